The number of nitrogens with zero attached hydrogens (tertiary/aromatic N) is 4. The van der Waals surface area contributed by atoms with Gasteiger partial charge in [-0.1, -0.05) is 19.3 Å². The maximum Gasteiger partial charge on any atom is 0.182 e. The van der Waals surface area contributed by atoms with E-state index in [0.29, 0.717) is 11.9 Å². The van der Waals surface area contributed by atoms with E-state index in [2.05, 4.69) is 25.0 Å². The van der Waals surface area contributed by atoms with Gasteiger partial charge in [0.1, 0.15) is 17.8 Å². The van der Waals surface area contributed by atoms with E-state index in [1.165, 1.54) is 32.1 Å². The van der Waals surface area contributed by atoms with Crippen molar-refractivity contribution in [3.8, 4) is 11.5 Å². The summed E-state index contributed by atoms with van der Waals surface area (Å²) in [6, 6.07) is 2.31. The number of nitrogens with two attached hydrogens (primary N) is 1. The summed E-state index contributed by atoms with van der Waals surface area (Å²) in [6.45, 7) is 0. The molecule has 6 nitrogen and oxygen atoms in total. The third-order valence-corrected chi connectivity index (χ3v) is 3.38. The van der Waals surface area contributed by atoms with Crippen LogP contribution in [0, 0.1) is 0 Å². The van der Waals surface area contributed by atoms with Crippen molar-refractivity contribution in [3.05, 3.63) is 12.4 Å². The first-order valence-electron chi connectivity index (χ1n) is 6.05. The first-order valence-corrected chi connectivity index (χ1v) is 6.05. The van der Waals surface area contributed by atoms with Gasteiger partial charge in [0.2, 0.25) is 0 Å². The molecule has 0 aromatic carbocycles. The van der Waals surface area contributed by atoms with Crippen LogP contribution >= 0.6 is 0 Å². The zero-order valence-electron chi connectivity index (χ0n) is 9.63. The second-order valence-corrected chi connectivity index (χ2v) is 4.56. The van der Waals surface area contributed by atoms with Gasteiger partial charge in [-0.2, -0.15) is 5.10 Å². The van der Waals surface area contributed by atoms with Gasteiger partial charge in [0.15, 0.2) is 5.82 Å². The lowest BCUT2D eigenvalue weighted by atomic mass is 9.95. The summed E-state index contributed by atoms with van der Waals surface area (Å²) in [5, 5.41) is 15.0. The lowest BCUT2D eigenvalue weighted by molar-refractivity contribution is 0.354. The van der Waals surface area contributed by atoms with Crippen LogP contribution in [0.4, 0.5) is 5.82 Å². The zero-order valence-corrected chi connectivity index (χ0v) is 9.63. The summed E-state index contributed by atoms with van der Waals surface area (Å²) in [6.07, 6.45) is 8.12. The van der Waals surface area contributed by atoms with Crippen LogP contribution in [0.25, 0.3) is 11.5 Å². The molecule has 1 saturated carbocycles. The van der Waals surface area contributed by atoms with Crippen LogP contribution in [0.15, 0.2) is 12.4 Å². The normalized spacial score (nSPS) is 17.4. The van der Waals surface area contributed by atoms with Crippen molar-refractivity contribution in [1.29, 1.82) is 0 Å². The highest BCUT2D eigenvalue weighted by Gasteiger charge is 2.20. The highest BCUT2D eigenvalue weighted by Crippen LogP contribution is 2.30. The van der Waals surface area contributed by atoms with Crippen LogP contribution in [0.5, 0.6) is 0 Å². The van der Waals surface area contributed by atoms with E-state index in [1.807, 2.05) is 6.33 Å². The number of hydrogen-bond acceptors (Lipinski definition) is 4. The molecular weight excluding hydrogens is 216 g/mol. The van der Waals surface area contributed by atoms with Crippen molar-refractivity contribution in [2.24, 2.45) is 0 Å². The van der Waals surface area contributed by atoms with Gasteiger partial charge >= 0.3 is 0 Å². The van der Waals surface area contributed by atoms with Crippen molar-refractivity contribution < 1.29 is 0 Å². The summed E-state index contributed by atoms with van der Waals surface area (Å²) in [7, 11) is 0. The Morgan fingerprint density at radius 3 is 2.82 bits per heavy atom. The van der Waals surface area contributed by atoms with Gasteiger partial charge < -0.3 is 10.3 Å². The average molecular weight is 232 g/mol. The first kappa shape index (κ1) is 10.3. The van der Waals surface area contributed by atoms with Crippen molar-refractivity contribution >= 4 is 5.82 Å². The Kier molecular flexibility index (Phi) is 2.55. The molecule has 6 heteroatoms. The average Bonchev–Trinajstić information content (AvgIpc) is 2.98. The summed E-state index contributed by atoms with van der Waals surface area (Å²) < 4.78 is 2.14. The fourth-order valence-electron chi connectivity index (χ4n) is 2.51. The molecule has 0 spiro atoms. The molecule has 3 N–H and O–H groups in total. The predicted octanol–water partition coefficient (Wildman–Crippen LogP) is 1.76. The quantitative estimate of drug-likeness (QED) is 0.826. The summed E-state index contributed by atoms with van der Waals surface area (Å²) in [5.41, 5.74) is 6.45. The molecule has 17 heavy (non-hydrogen) atoms. The smallest absolute Gasteiger partial charge is 0.182 e. The molecule has 2 heterocycles. The van der Waals surface area contributed by atoms with Gasteiger partial charge in [-0.05, 0) is 12.8 Å². The highest BCUT2D eigenvalue weighted by atomic mass is 15.3. The first-order chi connectivity index (χ1) is 8.34. The van der Waals surface area contributed by atoms with Crippen molar-refractivity contribution in [1.82, 2.24) is 25.0 Å². The van der Waals surface area contributed by atoms with E-state index in [0.717, 1.165) is 11.5 Å². The Morgan fingerprint density at radius 1 is 1.29 bits per heavy atom. The largest absolute Gasteiger partial charge is 0.382 e. The van der Waals surface area contributed by atoms with Crippen LogP contribution in [-0.2, 0) is 0 Å². The summed E-state index contributed by atoms with van der Waals surface area (Å²) >= 11 is 0. The molecule has 1 aliphatic rings. The van der Waals surface area contributed by atoms with E-state index >= 15 is 0 Å². The Hall–Kier alpha value is -1.85. The summed E-state index contributed by atoms with van der Waals surface area (Å²) in [4.78, 5) is 0. The van der Waals surface area contributed by atoms with E-state index in [1.54, 1.807) is 6.07 Å². The second kappa shape index (κ2) is 4.20. The van der Waals surface area contributed by atoms with Crippen LogP contribution in [0.1, 0.15) is 38.1 Å². The lowest BCUT2D eigenvalue weighted by Crippen LogP contribution is -2.13. The Morgan fingerprint density at radius 2 is 2.12 bits per heavy atom. The second-order valence-electron chi connectivity index (χ2n) is 4.56. The van der Waals surface area contributed by atoms with Crippen molar-refractivity contribution in [2.75, 3.05) is 5.73 Å². The molecule has 0 radical (unpaired) electrons. The van der Waals surface area contributed by atoms with Gasteiger partial charge in [-0.3, -0.25) is 5.10 Å². The monoisotopic (exact) mass is 232 g/mol. The van der Waals surface area contributed by atoms with E-state index < -0.39 is 0 Å². The Bertz CT molecular complexity index is 494. The number of rotatable bonds is 2. The standard InChI is InChI=1S/C11H16N6/c12-10-6-9(14-15-10)11-16-13-7-17(11)8-4-2-1-3-5-8/h6-8H,1-5H2,(H3,12,14,15). The molecule has 3 rings (SSSR count). The highest BCUT2D eigenvalue weighted by molar-refractivity contribution is 5.53. The number of aromatic nitrogens is 5. The van der Waals surface area contributed by atoms with E-state index in [-0.39, 0.29) is 0 Å². The predicted molar refractivity (Wildman–Crippen MR) is 64.1 cm³/mol. The fourth-order valence-corrected chi connectivity index (χ4v) is 2.51. The minimum atomic E-state index is 0.484. The Balaban J connectivity index is 1.93. The maximum atomic E-state index is 5.61. The molecule has 0 bridgehead atoms. The summed E-state index contributed by atoms with van der Waals surface area (Å²) in [5.74, 6) is 1.32. The molecule has 1 fully saturated rings. The molecule has 0 aliphatic heterocycles. The number of nitrogen functional groups attached to an aromatic ring is 1. The van der Waals surface area contributed by atoms with Gasteiger partial charge in [-0.25, -0.2) is 0 Å². The number of anilines is 1. The van der Waals surface area contributed by atoms with Crippen LogP contribution < -0.4 is 5.73 Å². The maximum absolute atomic E-state index is 5.61. The third-order valence-electron chi connectivity index (χ3n) is 3.38. The van der Waals surface area contributed by atoms with Gasteiger partial charge in [0.05, 0.1) is 0 Å². The molecule has 0 atom stereocenters. The SMILES string of the molecule is Nc1cc(-c2nncn2C2CCCCC2)[nH]n1. The molecule has 0 amide bonds. The minimum absolute atomic E-state index is 0.484. The molecule has 0 saturated heterocycles. The van der Waals surface area contributed by atoms with Crippen LogP contribution in [0.2, 0.25) is 0 Å². The van der Waals surface area contributed by atoms with Crippen LogP contribution in [-0.4, -0.2) is 25.0 Å². The molecule has 1 aliphatic carbocycles. The van der Waals surface area contributed by atoms with Crippen LogP contribution in [0.3, 0.4) is 0 Å². The molecular formula is C11H16N6. The van der Waals surface area contributed by atoms with Crippen molar-refractivity contribution in [2.45, 2.75) is 38.1 Å². The topological polar surface area (TPSA) is 85.4 Å². The minimum Gasteiger partial charge on any atom is -0.382 e. The number of H-pyrrole nitrogens is 1. The van der Waals surface area contributed by atoms with E-state index in [9.17, 15) is 0 Å². The van der Waals surface area contributed by atoms with Crippen molar-refractivity contribution in [3.63, 3.8) is 0 Å². The third kappa shape index (κ3) is 1.90. The molecule has 90 valence electrons. The lowest BCUT2D eigenvalue weighted by Gasteiger charge is -2.23. The van der Waals surface area contributed by atoms with E-state index in [4.69, 9.17) is 5.73 Å². The molecule has 0 unspecified atom stereocenters. The van der Waals surface area contributed by atoms with Gasteiger partial charge in [0, 0.05) is 12.1 Å². The number of nitrogens with one attached hydrogen (secondary N) is 1. The Labute approximate surface area is 99.2 Å². The molecule has 2 aromatic rings. The number of hydrogen-bond donors (Lipinski definition) is 2. The zero-order chi connectivity index (χ0) is 11.7. The van der Waals surface area contributed by atoms with Gasteiger partial charge in [0.25, 0.3) is 0 Å². The van der Waals surface area contributed by atoms with Gasteiger partial charge in [-0.15, -0.1) is 10.2 Å². The molecule has 2 aromatic heterocycles. The number of aromatic amines is 1. The fraction of sp³-hybridized carbons (Fsp3) is 0.545.